The molecule has 0 bridgehead atoms. The SMILES string of the molecule is COCCCN(C)S(=O)(=O)c1ccc(OC(C)C)c(C)c1. The topological polar surface area (TPSA) is 55.8 Å². The van der Waals surface area contributed by atoms with Gasteiger partial charge in [0, 0.05) is 27.3 Å². The number of methoxy groups -OCH3 is 1. The number of ether oxygens (including phenoxy) is 2. The minimum Gasteiger partial charge on any atom is -0.491 e. The summed E-state index contributed by atoms with van der Waals surface area (Å²) < 4.78 is 36.8. The van der Waals surface area contributed by atoms with E-state index in [9.17, 15) is 8.42 Å². The highest BCUT2D eigenvalue weighted by atomic mass is 32.2. The third-order valence-corrected chi connectivity index (χ3v) is 4.89. The van der Waals surface area contributed by atoms with E-state index in [-0.39, 0.29) is 11.0 Å². The van der Waals surface area contributed by atoms with Gasteiger partial charge in [-0.05, 0) is 51.0 Å². The van der Waals surface area contributed by atoms with Crippen molar-refractivity contribution in [3.63, 3.8) is 0 Å². The van der Waals surface area contributed by atoms with Crippen LogP contribution in [0.25, 0.3) is 0 Å². The summed E-state index contributed by atoms with van der Waals surface area (Å²) in [7, 11) is -0.280. The number of hydrogen-bond acceptors (Lipinski definition) is 4. The number of sulfonamides is 1. The average Bonchev–Trinajstić information content (AvgIpc) is 2.40. The Morgan fingerprint density at radius 2 is 1.95 bits per heavy atom. The third kappa shape index (κ3) is 4.98. The van der Waals surface area contributed by atoms with Crippen LogP contribution in [0.1, 0.15) is 25.8 Å². The van der Waals surface area contributed by atoms with E-state index in [1.54, 1.807) is 32.4 Å². The lowest BCUT2D eigenvalue weighted by atomic mass is 10.2. The maximum absolute atomic E-state index is 12.5. The van der Waals surface area contributed by atoms with Gasteiger partial charge in [0.05, 0.1) is 11.0 Å². The van der Waals surface area contributed by atoms with Crippen molar-refractivity contribution in [2.24, 2.45) is 0 Å². The predicted octanol–water partition coefficient (Wildman–Crippen LogP) is 2.44. The zero-order valence-electron chi connectivity index (χ0n) is 13.4. The Balaban J connectivity index is 2.91. The quantitative estimate of drug-likeness (QED) is 0.691. The van der Waals surface area contributed by atoms with Crippen LogP contribution in [0.15, 0.2) is 23.1 Å². The summed E-state index contributed by atoms with van der Waals surface area (Å²) in [6.07, 6.45) is 0.725. The van der Waals surface area contributed by atoms with Crippen LogP contribution in [0.3, 0.4) is 0 Å². The molecule has 0 amide bonds. The van der Waals surface area contributed by atoms with Crippen molar-refractivity contribution in [2.75, 3.05) is 27.3 Å². The number of aryl methyl sites for hydroxylation is 1. The molecule has 0 aliphatic rings. The molecule has 0 saturated heterocycles. The van der Waals surface area contributed by atoms with E-state index >= 15 is 0 Å². The Bertz CT molecular complexity index is 555. The maximum atomic E-state index is 12.5. The summed E-state index contributed by atoms with van der Waals surface area (Å²) in [6.45, 7) is 6.70. The predicted molar refractivity (Wildman–Crippen MR) is 83.3 cm³/mol. The largest absolute Gasteiger partial charge is 0.491 e. The van der Waals surface area contributed by atoms with Gasteiger partial charge in [-0.3, -0.25) is 0 Å². The molecule has 1 aromatic rings. The Kier molecular flexibility index (Phi) is 6.64. The lowest BCUT2D eigenvalue weighted by molar-refractivity contribution is 0.189. The molecule has 21 heavy (non-hydrogen) atoms. The van der Waals surface area contributed by atoms with Crippen molar-refractivity contribution in [1.82, 2.24) is 4.31 Å². The fourth-order valence-electron chi connectivity index (χ4n) is 1.90. The molecule has 0 heterocycles. The molecular formula is C15H25NO4S. The fraction of sp³-hybridized carbons (Fsp3) is 0.600. The van der Waals surface area contributed by atoms with Crippen LogP contribution < -0.4 is 4.74 Å². The molecule has 120 valence electrons. The highest BCUT2D eigenvalue weighted by Crippen LogP contribution is 2.24. The first kappa shape index (κ1) is 17.9. The van der Waals surface area contributed by atoms with Gasteiger partial charge in [0.2, 0.25) is 10.0 Å². The average molecular weight is 315 g/mol. The van der Waals surface area contributed by atoms with Crippen molar-refractivity contribution in [2.45, 2.75) is 38.2 Å². The van der Waals surface area contributed by atoms with E-state index in [0.29, 0.717) is 25.3 Å². The van der Waals surface area contributed by atoms with Crippen molar-refractivity contribution >= 4 is 10.0 Å². The molecule has 0 atom stereocenters. The zero-order valence-corrected chi connectivity index (χ0v) is 14.2. The van der Waals surface area contributed by atoms with E-state index in [2.05, 4.69) is 0 Å². The summed E-state index contributed by atoms with van der Waals surface area (Å²) in [4.78, 5) is 0.288. The van der Waals surface area contributed by atoms with Gasteiger partial charge in [-0.1, -0.05) is 0 Å². The van der Waals surface area contributed by atoms with Crippen molar-refractivity contribution in [3.05, 3.63) is 23.8 Å². The Hall–Kier alpha value is -1.11. The van der Waals surface area contributed by atoms with Crippen LogP contribution in [-0.4, -0.2) is 46.1 Å². The maximum Gasteiger partial charge on any atom is 0.242 e. The molecule has 5 nitrogen and oxygen atoms in total. The third-order valence-electron chi connectivity index (χ3n) is 3.04. The van der Waals surface area contributed by atoms with Crippen LogP contribution in [0.5, 0.6) is 5.75 Å². The summed E-state index contributed by atoms with van der Waals surface area (Å²) >= 11 is 0. The van der Waals surface area contributed by atoms with Gasteiger partial charge >= 0.3 is 0 Å². The van der Waals surface area contributed by atoms with E-state index in [4.69, 9.17) is 9.47 Å². The number of hydrogen-bond donors (Lipinski definition) is 0. The second-order valence-electron chi connectivity index (χ2n) is 5.27. The zero-order chi connectivity index (χ0) is 16.0. The molecule has 0 aromatic heterocycles. The molecule has 0 fully saturated rings. The number of rotatable bonds is 8. The minimum atomic E-state index is -3.46. The Morgan fingerprint density at radius 1 is 1.29 bits per heavy atom. The number of benzene rings is 1. The molecule has 0 N–H and O–H groups in total. The molecule has 1 aromatic carbocycles. The van der Waals surface area contributed by atoms with E-state index in [1.807, 2.05) is 20.8 Å². The molecule has 0 spiro atoms. The van der Waals surface area contributed by atoms with Gasteiger partial charge in [0.1, 0.15) is 5.75 Å². The Morgan fingerprint density at radius 3 is 2.48 bits per heavy atom. The Labute approximate surface area is 127 Å². The van der Waals surface area contributed by atoms with E-state index < -0.39 is 10.0 Å². The van der Waals surface area contributed by atoms with Gasteiger partial charge in [0.15, 0.2) is 0 Å². The molecule has 0 aliphatic carbocycles. The van der Waals surface area contributed by atoms with Crippen LogP contribution in [0.4, 0.5) is 0 Å². The first-order chi connectivity index (χ1) is 9.78. The summed E-state index contributed by atoms with van der Waals surface area (Å²) in [6, 6.07) is 4.96. The number of nitrogens with zero attached hydrogens (tertiary/aromatic N) is 1. The van der Waals surface area contributed by atoms with Crippen LogP contribution in [-0.2, 0) is 14.8 Å². The molecule has 0 aliphatic heterocycles. The lowest BCUT2D eigenvalue weighted by Gasteiger charge is -2.18. The summed E-state index contributed by atoms with van der Waals surface area (Å²) in [5.41, 5.74) is 0.815. The first-order valence-electron chi connectivity index (χ1n) is 7.01. The highest BCUT2D eigenvalue weighted by Gasteiger charge is 2.21. The molecule has 0 radical (unpaired) electrons. The molecule has 0 saturated carbocycles. The highest BCUT2D eigenvalue weighted by molar-refractivity contribution is 7.89. The second-order valence-corrected chi connectivity index (χ2v) is 7.31. The van der Waals surface area contributed by atoms with Crippen molar-refractivity contribution < 1.29 is 17.9 Å². The van der Waals surface area contributed by atoms with Gasteiger partial charge in [-0.25, -0.2) is 12.7 Å². The molecule has 6 heteroatoms. The standard InChI is InChI=1S/C15H25NO4S/c1-12(2)20-15-8-7-14(11-13(15)3)21(17,18)16(4)9-6-10-19-5/h7-8,11-12H,6,9-10H2,1-5H3. The van der Waals surface area contributed by atoms with Gasteiger partial charge in [0.25, 0.3) is 0 Å². The fourth-order valence-corrected chi connectivity index (χ4v) is 3.20. The van der Waals surface area contributed by atoms with E-state index in [0.717, 1.165) is 5.56 Å². The van der Waals surface area contributed by atoms with Gasteiger partial charge in [-0.2, -0.15) is 0 Å². The van der Waals surface area contributed by atoms with Crippen molar-refractivity contribution in [3.8, 4) is 5.75 Å². The second kappa shape index (κ2) is 7.77. The molecular weight excluding hydrogens is 290 g/mol. The summed E-state index contributed by atoms with van der Waals surface area (Å²) in [5, 5.41) is 0. The van der Waals surface area contributed by atoms with Crippen LogP contribution in [0.2, 0.25) is 0 Å². The van der Waals surface area contributed by atoms with Crippen LogP contribution >= 0.6 is 0 Å². The van der Waals surface area contributed by atoms with Crippen molar-refractivity contribution in [1.29, 1.82) is 0 Å². The monoisotopic (exact) mass is 315 g/mol. The molecule has 1 rings (SSSR count). The van der Waals surface area contributed by atoms with Gasteiger partial charge in [-0.15, -0.1) is 0 Å². The normalized spacial score (nSPS) is 12.1. The molecule has 0 unspecified atom stereocenters. The lowest BCUT2D eigenvalue weighted by Crippen LogP contribution is -2.28. The van der Waals surface area contributed by atoms with Gasteiger partial charge < -0.3 is 9.47 Å². The first-order valence-corrected chi connectivity index (χ1v) is 8.45. The minimum absolute atomic E-state index is 0.0582. The smallest absolute Gasteiger partial charge is 0.242 e. The summed E-state index contributed by atoms with van der Waals surface area (Å²) in [5.74, 6) is 0.714. The van der Waals surface area contributed by atoms with E-state index in [1.165, 1.54) is 4.31 Å². The van der Waals surface area contributed by atoms with Crippen LogP contribution in [0, 0.1) is 6.92 Å².